The molecule has 2 fully saturated rings. The lowest BCUT2D eigenvalue weighted by atomic mass is 9.80. The topological polar surface area (TPSA) is 15.3 Å². The zero-order valence-corrected chi connectivity index (χ0v) is 10.5. The van der Waals surface area contributed by atoms with Crippen LogP contribution in [0.2, 0.25) is 0 Å². The summed E-state index contributed by atoms with van der Waals surface area (Å²) in [5.74, 6) is 0.847. The van der Waals surface area contributed by atoms with Crippen molar-refractivity contribution in [2.24, 2.45) is 0 Å². The van der Waals surface area contributed by atoms with Crippen molar-refractivity contribution in [3.63, 3.8) is 0 Å². The van der Waals surface area contributed by atoms with E-state index in [0.29, 0.717) is 0 Å². The lowest BCUT2D eigenvalue weighted by Crippen LogP contribution is -2.27. The van der Waals surface area contributed by atoms with Crippen LogP contribution in [0.4, 0.5) is 5.69 Å². The molecular formula is C15H22N2. The number of anilines is 1. The van der Waals surface area contributed by atoms with Crippen LogP contribution in [0.5, 0.6) is 0 Å². The molecule has 0 unspecified atom stereocenters. The zero-order valence-electron chi connectivity index (χ0n) is 10.5. The summed E-state index contributed by atoms with van der Waals surface area (Å²) in [5.41, 5.74) is 2.99. The normalized spacial score (nSPS) is 22.0. The van der Waals surface area contributed by atoms with Crippen molar-refractivity contribution in [3.05, 3.63) is 29.8 Å². The molecule has 0 amide bonds. The minimum absolute atomic E-state index is 0.847. The van der Waals surface area contributed by atoms with Crippen LogP contribution < -0.4 is 10.2 Å². The molecule has 1 heterocycles. The van der Waals surface area contributed by atoms with Crippen LogP contribution in [0.3, 0.4) is 0 Å². The maximum atomic E-state index is 3.47. The predicted molar refractivity (Wildman–Crippen MR) is 72.7 cm³/mol. The average Bonchev–Trinajstić information content (AvgIpc) is 2.55. The summed E-state index contributed by atoms with van der Waals surface area (Å²) in [7, 11) is 0. The summed E-state index contributed by atoms with van der Waals surface area (Å²) >= 11 is 0. The Morgan fingerprint density at radius 1 is 1.06 bits per heavy atom. The van der Waals surface area contributed by atoms with Gasteiger partial charge in [0.05, 0.1) is 0 Å². The largest absolute Gasteiger partial charge is 0.370 e. The fraction of sp³-hybridized carbons (Fsp3) is 0.600. The molecule has 0 aromatic heterocycles. The molecule has 92 valence electrons. The van der Waals surface area contributed by atoms with E-state index in [1.807, 2.05) is 0 Å². The van der Waals surface area contributed by atoms with E-state index in [4.69, 9.17) is 0 Å². The first-order chi connectivity index (χ1) is 8.43. The average molecular weight is 230 g/mol. The highest BCUT2D eigenvalue weighted by atomic mass is 15.2. The fourth-order valence-electron chi connectivity index (χ4n) is 2.82. The molecule has 1 aliphatic carbocycles. The fourth-order valence-corrected chi connectivity index (χ4v) is 2.82. The number of hydrogen-bond acceptors (Lipinski definition) is 2. The van der Waals surface area contributed by atoms with Gasteiger partial charge in [0.15, 0.2) is 0 Å². The van der Waals surface area contributed by atoms with E-state index < -0.39 is 0 Å². The van der Waals surface area contributed by atoms with E-state index in [0.717, 1.165) is 19.0 Å². The molecule has 0 spiro atoms. The highest BCUT2D eigenvalue weighted by molar-refractivity contribution is 5.49. The maximum absolute atomic E-state index is 3.47. The first kappa shape index (κ1) is 11.1. The minimum atomic E-state index is 0.847. The summed E-state index contributed by atoms with van der Waals surface area (Å²) in [6.45, 7) is 4.63. The molecule has 0 bridgehead atoms. The van der Waals surface area contributed by atoms with Crippen molar-refractivity contribution in [1.82, 2.24) is 5.32 Å². The number of benzene rings is 1. The predicted octanol–water partition coefficient (Wildman–Crippen LogP) is 2.75. The lowest BCUT2D eigenvalue weighted by molar-refractivity contribution is 0.420. The van der Waals surface area contributed by atoms with E-state index in [-0.39, 0.29) is 0 Å². The van der Waals surface area contributed by atoms with E-state index in [1.54, 1.807) is 5.56 Å². The number of nitrogens with zero attached hydrogens (tertiary/aromatic N) is 1. The third-order valence-electron chi connectivity index (χ3n) is 4.15. The van der Waals surface area contributed by atoms with Crippen molar-refractivity contribution in [2.75, 3.05) is 31.1 Å². The quantitative estimate of drug-likeness (QED) is 0.840. The summed E-state index contributed by atoms with van der Waals surface area (Å²) in [4.78, 5) is 2.53. The zero-order chi connectivity index (χ0) is 11.5. The number of rotatable bonds is 2. The maximum Gasteiger partial charge on any atom is 0.0369 e. The number of nitrogens with one attached hydrogen (secondary N) is 1. The molecule has 0 atom stereocenters. The Labute approximate surface area is 104 Å². The van der Waals surface area contributed by atoms with Crippen LogP contribution in [0.15, 0.2) is 24.3 Å². The Morgan fingerprint density at radius 2 is 2.00 bits per heavy atom. The van der Waals surface area contributed by atoms with Crippen LogP contribution in [0, 0.1) is 0 Å². The summed E-state index contributed by atoms with van der Waals surface area (Å²) in [5, 5.41) is 3.47. The molecule has 2 aliphatic rings. The van der Waals surface area contributed by atoms with Gasteiger partial charge in [-0.15, -0.1) is 0 Å². The SMILES string of the molecule is c1cc(C2CCC2)cc(N2CCCNCC2)c1. The van der Waals surface area contributed by atoms with Crippen LogP contribution in [-0.4, -0.2) is 26.2 Å². The Hall–Kier alpha value is -1.02. The molecule has 0 radical (unpaired) electrons. The summed E-state index contributed by atoms with van der Waals surface area (Å²) < 4.78 is 0. The van der Waals surface area contributed by atoms with Gasteiger partial charge in [0.2, 0.25) is 0 Å². The van der Waals surface area contributed by atoms with Gasteiger partial charge < -0.3 is 10.2 Å². The first-order valence-electron chi connectivity index (χ1n) is 6.99. The third-order valence-corrected chi connectivity index (χ3v) is 4.15. The van der Waals surface area contributed by atoms with Crippen molar-refractivity contribution in [3.8, 4) is 0 Å². The van der Waals surface area contributed by atoms with E-state index in [9.17, 15) is 0 Å². The summed E-state index contributed by atoms with van der Waals surface area (Å²) in [6, 6.07) is 9.24. The second-order valence-electron chi connectivity index (χ2n) is 5.31. The van der Waals surface area contributed by atoms with Gasteiger partial charge in [0.25, 0.3) is 0 Å². The molecule has 2 nitrogen and oxygen atoms in total. The second kappa shape index (κ2) is 5.09. The van der Waals surface area contributed by atoms with Crippen molar-refractivity contribution >= 4 is 5.69 Å². The van der Waals surface area contributed by atoms with Gasteiger partial charge in [-0.1, -0.05) is 18.6 Å². The monoisotopic (exact) mass is 230 g/mol. The smallest absolute Gasteiger partial charge is 0.0369 e. The lowest BCUT2D eigenvalue weighted by Gasteiger charge is -2.28. The van der Waals surface area contributed by atoms with Crippen LogP contribution in [0.1, 0.15) is 37.2 Å². The first-order valence-corrected chi connectivity index (χ1v) is 6.99. The highest BCUT2D eigenvalue weighted by Gasteiger charge is 2.20. The molecule has 1 saturated heterocycles. The molecule has 1 aromatic rings. The Bertz CT molecular complexity index is 363. The van der Waals surface area contributed by atoms with Gasteiger partial charge in [0.1, 0.15) is 0 Å². The molecule has 1 saturated carbocycles. The van der Waals surface area contributed by atoms with Crippen LogP contribution in [-0.2, 0) is 0 Å². The molecule has 1 aromatic carbocycles. The molecule has 2 heteroatoms. The number of hydrogen-bond donors (Lipinski definition) is 1. The Morgan fingerprint density at radius 3 is 2.82 bits per heavy atom. The molecule has 1 N–H and O–H groups in total. The van der Waals surface area contributed by atoms with Gasteiger partial charge in [-0.2, -0.15) is 0 Å². The van der Waals surface area contributed by atoms with E-state index >= 15 is 0 Å². The van der Waals surface area contributed by atoms with Gasteiger partial charge in [0, 0.05) is 25.3 Å². The van der Waals surface area contributed by atoms with E-state index in [2.05, 4.69) is 34.5 Å². The standard InChI is InChI=1S/C15H22N2/c1-4-13(5-1)14-6-2-7-15(12-14)17-10-3-8-16-9-11-17/h2,6-7,12-13,16H,1,3-5,8-11H2. The van der Waals surface area contributed by atoms with Crippen LogP contribution in [0.25, 0.3) is 0 Å². The Kier molecular flexibility index (Phi) is 3.32. The van der Waals surface area contributed by atoms with E-state index in [1.165, 1.54) is 44.5 Å². The van der Waals surface area contributed by atoms with Gasteiger partial charge in [-0.25, -0.2) is 0 Å². The van der Waals surface area contributed by atoms with Crippen LogP contribution >= 0.6 is 0 Å². The highest BCUT2D eigenvalue weighted by Crippen LogP contribution is 2.37. The van der Waals surface area contributed by atoms with Crippen molar-refractivity contribution < 1.29 is 0 Å². The molecule has 17 heavy (non-hydrogen) atoms. The molecular weight excluding hydrogens is 208 g/mol. The molecule has 3 rings (SSSR count). The van der Waals surface area contributed by atoms with Crippen molar-refractivity contribution in [2.45, 2.75) is 31.6 Å². The minimum Gasteiger partial charge on any atom is -0.370 e. The Balaban J connectivity index is 1.76. The van der Waals surface area contributed by atoms with Gasteiger partial charge >= 0.3 is 0 Å². The van der Waals surface area contributed by atoms with Gasteiger partial charge in [-0.05, 0) is 49.4 Å². The molecule has 1 aliphatic heterocycles. The van der Waals surface area contributed by atoms with Gasteiger partial charge in [-0.3, -0.25) is 0 Å². The second-order valence-corrected chi connectivity index (χ2v) is 5.31. The summed E-state index contributed by atoms with van der Waals surface area (Å²) in [6.07, 6.45) is 5.46. The third kappa shape index (κ3) is 2.47. The van der Waals surface area contributed by atoms with Crippen molar-refractivity contribution in [1.29, 1.82) is 0 Å².